The maximum Gasteiger partial charge on any atom is 0.148 e. The van der Waals surface area contributed by atoms with Crippen molar-refractivity contribution in [3.63, 3.8) is 0 Å². The molecule has 2 heterocycles. The lowest BCUT2D eigenvalue weighted by Crippen LogP contribution is -1.96. The molecular weight excluding hydrogens is 312 g/mol. The minimum Gasteiger partial charge on any atom is -0.456 e. The molecule has 3 rings (SSSR count). The molecule has 1 aliphatic rings. The number of benzene rings is 1. The van der Waals surface area contributed by atoms with Crippen LogP contribution in [0.5, 0.6) is 11.5 Å². The third-order valence-electron chi connectivity index (χ3n) is 3.41. The Morgan fingerprint density at radius 1 is 1.18 bits per heavy atom. The number of ether oxygens (including phenoxy) is 1. The smallest absolute Gasteiger partial charge is 0.148 e. The normalized spacial score (nSPS) is 14.8. The van der Waals surface area contributed by atoms with Crippen molar-refractivity contribution in [3.8, 4) is 17.6 Å². The van der Waals surface area contributed by atoms with Crippen LogP contribution in [0.25, 0.3) is 0 Å². The van der Waals surface area contributed by atoms with Gasteiger partial charge in [0.15, 0.2) is 0 Å². The second-order valence-corrected chi connectivity index (χ2v) is 7.80. The molecule has 0 N–H and O–H groups in total. The molecular formula is C17H16N2OS2. The summed E-state index contributed by atoms with van der Waals surface area (Å²) in [5, 5.41) is 9.28. The Balaban J connectivity index is 1.83. The Labute approximate surface area is 139 Å². The van der Waals surface area contributed by atoms with E-state index in [1.54, 1.807) is 0 Å². The van der Waals surface area contributed by atoms with Crippen molar-refractivity contribution in [1.82, 2.24) is 4.98 Å². The van der Waals surface area contributed by atoms with Crippen LogP contribution in [0.2, 0.25) is 0 Å². The highest BCUT2D eigenvalue weighted by Gasteiger charge is 2.18. The molecule has 0 amide bonds. The van der Waals surface area contributed by atoms with E-state index in [9.17, 15) is 5.26 Å². The number of aromatic nitrogens is 1. The quantitative estimate of drug-likeness (QED) is 0.806. The van der Waals surface area contributed by atoms with E-state index in [4.69, 9.17) is 4.74 Å². The zero-order chi connectivity index (χ0) is 15.5. The van der Waals surface area contributed by atoms with Crippen molar-refractivity contribution >= 4 is 23.5 Å². The highest BCUT2D eigenvalue weighted by atomic mass is 32.2. The summed E-state index contributed by atoms with van der Waals surface area (Å²) < 4.78 is 6.44. The Kier molecular flexibility index (Phi) is 4.60. The van der Waals surface area contributed by atoms with E-state index < -0.39 is 0 Å². The molecule has 0 unspecified atom stereocenters. The summed E-state index contributed by atoms with van der Waals surface area (Å²) in [6, 6.07) is 12.1. The Morgan fingerprint density at radius 3 is 2.50 bits per heavy atom. The predicted octanol–water partition coefficient (Wildman–Crippen LogP) is 4.84. The van der Waals surface area contributed by atoms with Crippen LogP contribution in [0, 0.1) is 25.2 Å². The lowest BCUT2D eigenvalue weighted by atomic mass is 10.2. The molecule has 0 bridgehead atoms. The largest absolute Gasteiger partial charge is 0.456 e. The maximum absolute atomic E-state index is 9.28. The summed E-state index contributed by atoms with van der Waals surface area (Å²) in [4.78, 5) is 4.31. The SMILES string of the molecule is Cc1cc(Oc2ccc(C3SCCS3)cc2)c(C#N)c(C)n1. The summed E-state index contributed by atoms with van der Waals surface area (Å²) >= 11 is 3.97. The third kappa shape index (κ3) is 3.23. The van der Waals surface area contributed by atoms with Gasteiger partial charge in [0.1, 0.15) is 23.1 Å². The van der Waals surface area contributed by atoms with E-state index >= 15 is 0 Å². The standard InChI is InChI=1S/C17H16N2OS2/c1-11-9-16(15(10-18)12(2)19-11)20-14-5-3-13(4-6-14)17-21-7-8-22-17/h3-6,9,17H,7-8H2,1-2H3. The first-order valence-electron chi connectivity index (χ1n) is 7.07. The number of thioether (sulfide) groups is 2. The molecule has 112 valence electrons. The molecule has 1 saturated heterocycles. The fourth-order valence-corrected chi connectivity index (χ4v) is 5.24. The minimum atomic E-state index is 0.497. The van der Waals surface area contributed by atoms with Gasteiger partial charge in [-0.25, -0.2) is 0 Å². The van der Waals surface area contributed by atoms with Gasteiger partial charge in [-0.1, -0.05) is 12.1 Å². The van der Waals surface area contributed by atoms with E-state index in [-0.39, 0.29) is 0 Å². The lowest BCUT2D eigenvalue weighted by molar-refractivity contribution is 0.479. The predicted molar refractivity (Wildman–Crippen MR) is 92.6 cm³/mol. The van der Waals surface area contributed by atoms with Crippen molar-refractivity contribution in [2.24, 2.45) is 0 Å². The van der Waals surface area contributed by atoms with Gasteiger partial charge in [-0.2, -0.15) is 5.26 Å². The summed E-state index contributed by atoms with van der Waals surface area (Å²) in [6.07, 6.45) is 0. The van der Waals surface area contributed by atoms with Crippen LogP contribution in [0.4, 0.5) is 0 Å². The van der Waals surface area contributed by atoms with Crippen LogP contribution >= 0.6 is 23.5 Å². The maximum atomic E-state index is 9.28. The highest BCUT2D eigenvalue weighted by Crippen LogP contribution is 2.45. The number of hydrogen-bond donors (Lipinski definition) is 0. The zero-order valence-corrected chi connectivity index (χ0v) is 14.1. The number of pyridine rings is 1. The molecule has 0 atom stereocenters. The molecule has 0 aliphatic carbocycles. The zero-order valence-electron chi connectivity index (χ0n) is 12.5. The molecule has 1 aliphatic heterocycles. The first-order chi connectivity index (χ1) is 10.7. The number of hydrogen-bond acceptors (Lipinski definition) is 5. The van der Waals surface area contributed by atoms with E-state index in [2.05, 4.69) is 23.2 Å². The Morgan fingerprint density at radius 2 is 1.86 bits per heavy atom. The molecule has 22 heavy (non-hydrogen) atoms. The molecule has 1 fully saturated rings. The first kappa shape index (κ1) is 15.3. The van der Waals surface area contributed by atoms with Crippen LogP contribution in [0.1, 0.15) is 27.1 Å². The van der Waals surface area contributed by atoms with Gasteiger partial charge in [-0.3, -0.25) is 4.98 Å². The average molecular weight is 328 g/mol. The summed E-state index contributed by atoms with van der Waals surface area (Å²) in [7, 11) is 0. The fraction of sp³-hybridized carbons (Fsp3) is 0.294. The lowest BCUT2D eigenvalue weighted by Gasteiger charge is -2.12. The summed E-state index contributed by atoms with van der Waals surface area (Å²) in [6.45, 7) is 3.73. The van der Waals surface area contributed by atoms with Crippen molar-refractivity contribution in [2.75, 3.05) is 11.5 Å². The van der Waals surface area contributed by atoms with Crippen LogP contribution in [-0.2, 0) is 0 Å². The number of aryl methyl sites for hydroxylation is 2. The second-order valence-electron chi connectivity index (χ2n) is 5.08. The Hall–Kier alpha value is -1.64. The van der Waals surface area contributed by atoms with E-state index in [1.807, 2.05) is 55.6 Å². The monoisotopic (exact) mass is 328 g/mol. The molecule has 5 heteroatoms. The van der Waals surface area contributed by atoms with Crippen LogP contribution < -0.4 is 4.74 Å². The molecule has 3 nitrogen and oxygen atoms in total. The molecule has 1 aromatic heterocycles. The van der Waals surface area contributed by atoms with Crippen LogP contribution in [-0.4, -0.2) is 16.5 Å². The average Bonchev–Trinajstić information content (AvgIpc) is 3.02. The van der Waals surface area contributed by atoms with Crippen molar-refractivity contribution in [1.29, 1.82) is 5.26 Å². The third-order valence-corrected chi connectivity index (χ3v) is 6.51. The molecule has 0 saturated carbocycles. The molecule has 0 spiro atoms. The minimum absolute atomic E-state index is 0.497. The fourth-order valence-electron chi connectivity index (χ4n) is 2.38. The van der Waals surface area contributed by atoms with Gasteiger partial charge < -0.3 is 4.74 Å². The molecule has 0 radical (unpaired) electrons. The van der Waals surface area contributed by atoms with Gasteiger partial charge in [0.2, 0.25) is 0 Å². The number of rotatable bonds is 3. The van der Waals surface area contributed by atoms with Crippen molar-refractivity contribution in [2.45, 2.75) is 18.4 Å². The van der Waals surface area contributed by atoms with E-state index in [0.29, 0.717) is 21.6 Å². The van der Waals surface area contributed by atoms with Gasteiger partial charge in [0.25, 0.3) is 0 Å². The van der Waals surface area contributed by atoms with Gasteiger partial charge in [0.05, 0.1) is 10.3 Å². The van der Waals surface area contributed by atoms with Crippen LogP contribution in [0.3, 0.4) is 0 Å². The van der Waals surface area contributed by atoms with E-state index in [1.165, 1.54) is 17.1 Å². The summed E-state index contributed by atoms with van der Waals surface area (Å²) in [5.41, 5.74) is 3.37. The molecule has 1 aromatic carbocycles. The Bertz CT molecular complexity index is 717. The first-order valence-corrected chi connectivity index (χ1v) is 9.16. The van der Waals surface area contributed by atoms with E-state index in [0.717, 1.165) is 11.4 Å². The highest BCUT2D eigenvalue weighted by molar-refractivity contribution is 8.19. The number of nitrogens with zero attached hydrogens (tertiary/aromatic N) is 2. The van der Waals surface area contributed by atoms with Crippen molar-refractivity contribution < 1.29 is 4.74 Å². The van der Waals surface area contributed by atoms with Gasteiger partial charge in [-0.05, 0) is 31.5 Å². The second kappa shape index (κ2) is 6.64. The topological polar surface area (TPSA) is 45.9 Å². The molecule has 2 aromatic rings. The van der Waals surface area contributed by atoms with Gasteiger partial charge in [0, 0.05) is 23.3 Å². The van der Waals surface area contributed by atoms with Crippen molar-refractivity contribution in [3.05, 3.63) is 52.8 Å². The summed E-state index contributed by atoms with van der Waals surface area (Å²) in [5.74, 6) is 3.76. The number of nitriles is 1. The van der Waals surface area contributed by atoms with Gasteiger partial charge >= 0.3 is 0 Å². The van der Waals surface area contributed by atoms with Crippen LogP contribution in [0.15, 0.2) is 30.3 Å². The van der Waals surface area contributed by atoms with Gasteiger partial charge in [-0.15, -0.1) is 23.5 Å².